The zero-order chi connectivity index (χ0) is 18.0. The highest BCUT2D eigenvalue weighted by molar-refractivity contribution is 7.88. The SMILES string of the molecule is CC(=O)NCCC1=COc2ccc(OS(=O)(=O)C(F)(F)F)cc2O1. The van der Waals surface area contributed by atoms with Crippen LogP contribution >= 0.6 is 0 Å². The molecule has 0 bridgehead atoms. The van der Waals surface area contributed by atoms with E-state index in [9.17, 15) is 26.4 Å². The molecule has 1 aromatic rings. The van der Waals surface area contributed by atoms with E-state index in [1.807, 2.05) is 0 Å². The van der Waals surface area contributed by atoms with E-state index in [2.05, 4.69) is 9.50 Å². The summed E-state index contributed by atoms with van der Waals surface area (Å²) < 4.78 is 73.5. The third-order valence-corrected chi connectivity index (χ3v) is 3.69. The highest BCUT2D eigenvalue weighted by atomic mass is 32.2. The van der Waals surface area contributed by atoms with Crippen LogP contribution in [0.5, 0.6) is 17.2 Å². The second-order valence-corrected chi connectivity index (χ2v) is 6.17. The van der Waals surface area contributed by atoms with Crippen LogP contribution in [-0.2, 0) is 14.9 Å². The number of hydrogen-bond donors (Lipinski definition) is 1. The fourth-order valence-electron chi connectivity index (χ4n) is 1.66. The number of halogens is 3. The minimum absolute atomic E-state index is 0.00907. The van der Waals surface area contributed by atoms with Crippen LogP contribution in [0.15, 0.2) is 30.2 Å². The number of alkyl halides is 3. The van der Waals surface area contributed by atoms with E-state index in [0.717, 1.165) is 12.1 Å². The van der Waals surface area contributed by atoms with Gasteiger partial charge < -0.3 is 19.0 Å². The van der Waals surface area contributed by atoms with Gasteiger partial charge in [0.05, 0.1) is 0 Å². The van der Waals surface area contributed by atoms with Crippen molar-refractivity contribution in [3.8, 4) is 17.2 Å². The molecule has 0 saturated heterocycles. The molecule has 11 heteroatoms. The lowest BCUT2D eigenvalue weighted by molar-refractivity contribution is -0.118. The van der Waals surface area contributed by atoms with Gasteiger partial charge >= 0.3 is 15.6 Å². The van der Waals surface area contributed by atoms with Crippen LogP contribution < -0.4 is 19.0 Å². The first-order chi connectivity index (χ1) is 11.1. The van der Waals surface area contributed by atoms with Crippen molar-refractivity contribution in [2.24, 2.45) is 0 Å². The predicted molar refractivity (Wildman–Crippen MR) is 74.7 cm³/mol. The average molecular weight is 367 g/mol. The molecule has 24 heavy (non-hydrogen) atoms. The molecule has 0 atom stereocenters. The van der Waals surface area contributed by atoms with E-state index in [4.69, 9.17) is 9.47 Å². The van der Waals surface area contributed by atoms with Crippen molar-refractivity contribution in [1.82, 2.24) is 5.32 Å². The standard InChI is InChI=1S/C13H12F3NO6S/c1-8(18)17-5-4-10-7-21-11-3-2-9(6-12(11)22-10)23-24(19,20)13(14,15)16/h2-3,6-7H,4-5H2,1H3,(H,17,18). The van der Waals surface area contributed by atoms with Crippen molar-refractivity contribution in [1.29, 1.82) is 0 Å². The molecule has 7 nitrogen and oxygen atoms in total. The van der Waals surface area contributed by atoms with Crippen LogP contribution in [0.2, 0.25) is 0 Å². The Morgan fingerprint density at radius 1 is 1.29 bits per heavy atom. The molecule has 0 saturated carbocycles. The van der Waals surface area contributed by atoms with Crippen LogP contribution in [0.1, 0.15) is 13.3 Å². The third kappa shape index (κ3) is 4.31. The molecule has 1 amide bonds. The van der Waals surface area contributed by atoms with Gasteiger partial charge in [-0.1, -0.05) is 0 Å². The van der Waals surface area contributed by atoms with Crippen LogP contribution in [0.3, 0.4) is 0 Å². The summed E-state index contributed by atoms with van der Waals surface area (Å²) in [7, 11) is -5.77. The van der Waals surface area contributed by atoms with Crippen LogP contribution in [-0.4, -0.2) is 26.4 Å². The molecule has 1 aliphatic rings. The van der Waals surface area contributed by atoms with E-state index in [1.54, 1.807) is 0 Å². The number of hydrogen-bond acceptors (Lipinski definition) is 6. The Morgan fingerprint density at radius 3 is 2.62 bits per heavy atom. The summed E-state index contributed by atoms with van der Waals surface area (Å²) >= 11 is 0. The lowest BCUT2D eigenvalue weighted by Crippen LogP contribution is -2.28. The molecule has 0 radical (unpaired) electrons. The number of ether oxygens (including phenoxy) is 2. The molecule has 0 aromatic heterocycles. The van der Waals surface area contributed by atoms with E-state index in [-0.39, 0.29) is 30.4 Å². The fraction of sp³-hybridized carbons (Fsp3) is 0.308. The lowest BCUT2D eigenvalue weighted by Gasteiger charge is -2.19. The summed E-state index contributed by atoms with van der Waals surface area (Å²) in [6.45, 7) is 1.60. The molecule has 1 aromatic carbocycles. The van der Waals surface area contributed by atoms with E-state index in [1.165, 1.54) is 19.3 Å². The van der Waals surface area contributed by atoms with Crippen molar-refractivity contribution < 1.29 is 40.0 Å². The molecule has 0 spiro atoms. The van der Waals surface area contributed by atoms with Crippen molar-refractivity contribution in [2.75, 3.05) is 6.54 Å². The summed E-state index contributed by atoms with van der Waals surface area (Å²) in [4.78, 5) is 10.8. The summed E-state index contributed by atoms with van der Waals surface area (Å²) in [5, 5.41) is 2.53. The highest BCUT2D eigenvalue weighted by Gasteiger charge is 2.48. The van der Waals surface area contributed by atoms with Crippen LogP contribution in [0.25, 0.3) is 0 Å². The molecule has 0 fully saturated rings. The topological polar surface area (TPSA) is 90.9 Å². The number of fused-ring (bicyclic) bond motifs is 1. The summed E-state index contributed by atoms with van der Waals surface area (Å²) in [5.74, 6) is -0.342. The number of amides is 1. The zero-order valence-corrected chi connectivity index (χ0v) is 13.0. The Morgan fingerprint density at radius 2 is 2.00 bits per heavy atom. The van der Waals surface area contributed by atoms with E-state index < -0.39 is 21.4 Å². The molecule has 132 valence electrons. The Balaban J connectivity index is 2.09. The molecule has 2 rings (SSSR count). The molecule has 1 aliphatic heterocycles. The first-order valence-electron chi connectivity index (χ1n) is 6.51. The number of nitrogens with one attached hydrogen (secondary N) is 1. The second kappa shape index (κ2) is 6.59. The quantitative estimate of drug-likeness (QED) is 0.633. The summed E-state index contributed by atoms with van der Waals surface area (Å²) in [5.41, 5.74) is -5.54. The second-order valence-electron chi connectivity index (χ2n) is 4.63. The zero-order valence-electron chi connectivity index (χ0n) is 12.2. The van der Waals surface area contributed by atoms with Crippen molar-refractivity contribution in [3.63, 3.8) is 0 Å². The van der Waals surface area contributed by atoms with Crippen molar-refractivity contribution in [3.05, 3.63) is 30.2 Å². The van der Waals surface area contributed by atoms with Gasteiger partial charge in [0.2, 0.25) is 5.91 Å². The predicted octanol–water partition coefficient (Wildman–Crippen LogP) is 2.05. The van der Waals surface area contributed by atoms with Gasteiger partial charge in [-0.2, -0.15) is 21.6 Å². The largest absolute Gasteiger partial charge is 0.534 e. The monoisotopic (exact) mass is 367 g/mol. The number of carbonyl (C=O) groups is 1. The third-order valence-electron chi connectivity index (χ3n) is 2.71. The highest BCUT2D eigenvalue weighted by Crippen LogP contribution is 2.37. The smallest absolute Gasteiger partial charge is 0.458 e. The van der Waals surface area contributed by atoms with E-state index >= 15 is 0 Å². The summed E-state index contributed by atoms with van der Waals surface area (Å²) in [6.07, 6.45) is 1.54. The minimum atomic E-state index is -5.77. The van der Waals surface area contributed by atoms with Gasteiger partial charge in [0, 0.05) is 26.0 Å². The molecule has 0 unspecified atom stereocenters. The van der Waals surface area contributed by atoms with Crippen molar-refractivity contribution in [2.45, 2.75) is 18.9 Å². The molecule has 0 aliphatic carbocycles. The summed E-state index contributed by atoms with van der Waals surface area (Å²) in [6, 6.07) is 3.17. The molecule has 1 heterocycles. The van der Waals surface area contributed by atoms with Gasteiger partial charge in [-0.3, -0.25) is 4.79 Å². The number of benzene rings is 1. The van der Waals surface area contributed by atoms with Gasteiger partial charge in [-0.25, -0.2) is 0 Å². The van der Waals surface area contributed by atoms with Gasteiger partial charge in [0.1, 0.15) is 17.8 Å². The van der Waals surface area contributed by atoms with Gasteiger partial charge in [0.25, 0.3) is 0 Å². The normalized spacial score (nSPS) is 13.9. The van der Waals surface area contributed by atoms with Crippen molar-refractivity contribution >= 4 is 16.0 Å². The first-order valence-corrected chi connectivity index (χ1v) is 7.92. The van der Waals surface area contributed by atoms with Crippen LogP contribution in [0.4, 0.5) is 13.2 Å². The Bertz CT molecular complexity index is 772. The number of rotatable bonds is 5. The maximum atomic E-state index is 12.3. The molecular formula is C13H12F3NO6S. The number of carbonyl (C=O) groups excluding carboxylic acids is 1. The van der Waals surface area contributed by atoms with Gasteiger partial charge in [-0.05, 0) is 12.1 Å². The van der Waals surface area contributed by atoms with Gasteiger partial charge in [-0.15, -0.1) is 0 Å². The molecular weight excluding hydrogens is 355 g/mol. The Hall–Kier alpha value is -2.43. The first kappa shape index (κ1) is 17.9. The van der Waals surface area contributed by atoms with Crippen LogP contribution in [0, 0.1) is 0 Å². The van der Waals surface area contributed by atoms with Gasteiger partial charge in [0.15, 0.2) is 11.5 Å². The maximum absolute atomic E-state index is 12.3. The fourth-order valence-corrected chi connectivity index (χ4v) is 2.11. The Labute approximate surface area is 135 Å². The Kier molecular flexibility index (Phi) is 4.92. The average Bonchev–Trinajstić information content (AvgIpc) is 2.45. The van der Waals surface area contributed by atoms with E-state index in [0.29, 0.717) is 5.76 Å². The lowest BCUT2D eigenvalue weighted by atomic mass is 10.2. The molecule has 1 N–H and O–H groups in total. The minimum Gasteiger partial charge on any atom is -0.458 e. The maximum Gasteiger partial charge on any atom is 0.534 e.